The SMILES string of the molecule is NS(=O)c1ccc(CCN2CC(C(=O)NCCCc3ccc(Cl)c(Cl)c3)=C(O)C2=O)cc1. The Morgan fingerprint density at radius 2 is 1.78 bits per heavy atom. The second kappa shape index (κ2) is 11.0. The molecule has 1 unspecified atom stereocenters. The van der Waals surface area contributed by atoms with Crippen molar-refractivity contribution in [2.75, 3.05) is 19.6 Å². The van der Waals surface area contributed by atoms with E-state index in [1.54, 1.807) is 36.4 Å². The summed E-state index contributed by atoms with van der Waals surface area (Å²) >= 11 is 11.9. The monoisotopic (exact) mass is 495 g/mol. The quantitative estimate of drug-likeness (QED) is 0.464. The van der Waals surface area contributed by atoms with E-state index in [9.17, 15) is 18.9 Å². The topological polar surface area (TPSA) is 113 Å². The smallest absolute Gasteiger partial charge is 0.289 e. The fourth-order valence-electron chi connectivity index (χ4n) is 3.33. The minimum atomic E-state index is -1.54. The number of aryl methyl sites for hydroxylation is 1. The third-order valence-corrected chi connectivity index (χ3v) is 6.61. The second-order valence-electron chi connectivity index (χ2n) is 7.35. The maximum Gasteiger partial charge on any atom is 0.289 e. The van der Waals surface area contributed by atoms with Gasteiger partial charge in [0.2, 0.25) is 0 Å². The highest BCUT2D eigenvalue weighted by Gasteiger charge is 2.33. The lowest BCUT2D eigenvalue weighted by Gasteiger charge is -2.16. The van der Waals surface area contributed by atoms with Crippen molar-refractivity contribution >= 4 is 46.0 Å². The van der Waals surface area contributed by atoms with E-state index < -0.39 is 28.6 Å². The molecule has 0 saturated heterocycles. The standard InChI is InChI=1S/C22H23Cl2N3O4S/c23-18-8-5-15(12-19(18)24)2-1-10-26-21(29)17-13-27(22(30)20(17)28)11-9-14-3-6-16(7-4-14)32(25)31/h3-8,12,28H,1-2,9-11,13,25H2,(H,26,29). The Morgan fingerprint density at radius 3 is 2.44 bits per heavy atom. The fraction of sp³-hybridized carbons (Fsp3) is 0.273. The van der Waals surface area contributed by atoms with Crippen LogP contribution >= 0.6 is 23.2 Å². The van der Waals surface area contributed by atoms with Crippen LogP contribution in [0.15, 0.2) is 58.7 Å². The van der Waals surface area contributed by atoms with E-state index in [2.05, 4.69) is 5.32 Å². The predicted molar refractivity (Wildman–Crippen MR) is 125 cm³/mol. The first kappa shape index (κ1) is 24.3. The Kier molecular flexibility index (Phi) is 8.31. The van der Waals surface area contributed by atoms with Crippen LogP contribution in [0, 0.1) is 0 Å². The summed E-state index contributed by atoms with van der Waals surface area (Å²) in [5, 5.41) is 19.2. The summed E-state index contributed by atoms with van der Waals surface area (Å²) in [5.74, 6) is -1.53. The molecule has 0 spiro atoms. The van der Waals surface area contributed by atoms with E-state index in [1.165, 1.54) is 4.90 Å². The summed E-state index contributed by atoms with van der Waals surface area (Å²) in [6, 6.07) is 12.3. The Labute approximate surface area is 198 Å². The van der Waals surface area contributed by atoms with E-state index in [1.807, 2.05) is 6.07 Å². The number of carbonyl (C=O) groups excluding carboxylic acids is 2. The van der Waals surface area contributed by atoms with Crippen LogP contribution in [0.4, 0.5) is 0 Å². The number of hydrogen-bond donors (Lipinski definition) is 3. The van der Waals surface area contributed by atoms with Crippen LogP contribution < -0.4 is 10.5 Å². The molecule has 0 aromatic heterocycles. The number of carbonyl (C=O) groups is 2. The van der Waals surface area contributed by atoms with Crippen LogP contribution in [0.3, 0.4) is 0 Å². The van der Waals surface area contributed by atoms with Crippen LogP contribution in [0.1, 0.15) is 17.5 Å². The van der Waals surface area contributed by atoms with Crippen LogP contribution in [0.25, 0.3) is 0 Å². The van der Waals surface area contributed by atoms with Crippen LogP contribution in [-0.2, 0) is 33.4 Å². The molecule has 0 saturated carbocycles. The number of nitrogens with zero attached hydrogens (tertiary/aromatic N) is 1. The summed E-state index contributed by atoms with van der Waals surface area (Å²) in [5.41, 5.74) is 1.99. The molecule has 0 fully saturated rings. The van der Waals surface area contributed by atoms with Gasteiger partial charge in [0.25, 0.3) is 11.8 Å². The molecule has 1 aliphatic rings. The molecular formula is C22H23Cl2N3O4S. The lowest BCUT2D eigenvalue weighted by atomic mass is 10.1. The zero-order valence-corrected chi connectivity index (χ0v) is 19.5. The van der Waals surface area contributed by atoms with Gasteiger partial charge in [-0.05, 0) is 54.7 Å². The maximum absolute atomic E-state index is 12.4. The molecule has 7 nitrogen and oxygen atoms in total. The molecule has 2 aromatic carbocycles. The number of aliphatic hydroxyl groups excluding tert-OH is 1. The highest BCUT2D eigenvalue weighted by atomic mass is 35.5. The number of rotatable bonds is 9. The lowest BCUT2D eigenvalue weighted by Crippen LogP contribution is -2.32. The molecule has 4 N–H and O–H groups in total. The van der Waals surface area contributed by atoms with Crippen LogP contribution in [-0.4, -0.2) is 45.7 Å². The van der Waals surface area contributed by atoms with Crippen LogP contribution in [0.5, 0.6) is 0 Å². The maximum atomic E-state index is 12.4. The lowest BCUT2D eigenvalue weighted by molar-refractivity contribution is -0.127. The van der Waals surface area contributed by atoms with Gasteiger partial charge in [0.05, 0.1) is 27.1 Å². The molecule has 1 atom stereocenters. The van der Waals surface area contributed by atoms with E-state index in [0.29, 0.717) is 47.3 Å². The van der Waals surface area contributed by atoms with Crippen molar-refractivity contribution in [3.63, 3.8) is 0 Å². The molecule has 32 heavy (non-hydrogen) atoms. The van der Waals surface area contributed by atoms with Crippen molar-refractivity contribution in [2.24, 2.45) is 5.14 Å². The summed E-state index contributed by atoms with van der Waals surface area (Å²) in [7, 11) is -1.54. The molecule has 0 aliphatic carbocycles. The fourth-order valence-corrected chi connectivity index (χ4v) is 4.05. The third-order valence-electron chi connectivity index (χ3n) is 5.14. The molecule has 10 heteroatoms. The number of amides is 2. The summed E-state index contributed by atoms with van der Waals surface area (Å²) in [4.78, 5) is 26.7. The predicted octanol–water partition coefficient (Wildman–Crippen LogP) is 2.92. The Morgan fingerprint density at radius 1 is 1.09 bits per heavy atom. The van der Waals surface area contributed by atoms with E-state index in [0.717, 1.165) is 11.1 Å². The minimum Gasteiger partial charge on any atom is -0.503 e. The normalized spacial score (nSPS) is 14.7. The van der Waals surface area contributed by atoms with Crippen molar-refractivity contribution in [3.05, 3.63) is 75.0 Å². The molecule has 3 rings (SSSR count). The van der Waals surface area contributed by atoms with Gasteiger partial charge >= 0.3 is 0 Å². The summed E-state index contributed by atoms with van der Waals surface area (Å²) in [6.45, 7) is 0.773. The molecule has 2 aromatic rings. The number of halogens is 2. The number of nitrogens with one attached hydrogen (secondary N) is 1. The second-order valence-corrected chi connectivity index (χ2v) is 9.23. The summed E-state index contributed by atoms with van der Waals surface area (Å²) in [6.07, 6.45) is 1.89. The van der Waals surface area contributed by atoms with Crippen molar-refractivity contribution < 1.29 is 18.9 Å². The molecular weight excluding hydrogens is 473 g/mol. The summed E-state index contributed by atoms with van der Waals surface area (Å²) < 4.78 is 11.2. The van der Waals surface area contributed by atoms with Crippen molar-refractivity contribution in [2.45, 2.75) is 24.2 Å². The first-order chi connectivity index (χ1) is 15.3. The molecule has 0 radical (unpaired) electrons. The third kappa shape index (κ3) is 6.10. The first-order valence-electron chi connectivity index (χ1n) is 9.95. The van der Waals surface area contributed by atoms with Crippen molar-refractivity contribution in [3.8, 4) is 0 Å². The number of aliphatic hydroxyl groups is 1. The van der Waals surface area contributed by atoms with Gasteiger partial charge in [-0.25, -0.2) is 9.35 Å². The van der Waals surface area contributed by atoms with E-state index in [-0.39, 0.29) is 12.1 Å². The Bertz CT molecular complexity index is 1070. The number of nitrogens with two attached hydrogens (primary N) is 1. The van der Waals surface area contributed by atoms with Gasteiger partial charge in [-0.1, -0.05) is 41.4 Å². The van der Waals surface area contributed by atoms with E-state index in [4.69, 9.17) is 28.3 Å². The van der Waals surface area contributed by atoms with Gasteiger partial charge in [-0.15, -0.1) is 0 Å². The van der Waals surface area contributed by atoms with Crippen molar-refractivity contribution in [1.29, 1.82) is 0 Å². The van der Waals surface area contributed by atoms with Gasteiger partial charge < -0.3 is 15.3 Å². The highest BCUT2D eigenvalue weighted by Crippen LogP contribution is 2.23. The Hall–Kier alpha value is -2.39. The molecule has 0 bridgehead atoms. The van der Waals surface area contributed by atoms with Gasteiger partial charge in [-0.2, -0.15) is 0 Å². The Balaban J connectivity index is 1.46. The largest absolute Gasteiger partial charge is 0.503 e. The van der Waals surface area contributed by atoms with Crippen LogP contribution in [0.2, 0.25) is 10.0 Å². The molecule has 1 heterocycles. The zero-order chi connectivity index (χ0) is 23.3. The average Bonchev–Trinajstić information content (AvgIpc) is 3.06. The van der Waals surface area contributed by atoms with Gasteiger partial charge in [0.15, 0.2) is 5.76 Å². The average molecular weight is 496 g/mol. The number of hydrogen-bond acceptors (Lipinski definition) is 4. The van der Waals surface area contributed by atoms with Gasteiger partial charge in [-0.3, -0.25) is 9.59 Å². The number of benzene rings is 2. The van der Waals surface area contributed by atoms with Gasteiger partial charge in [0.1, 0.15) is 11.0 Å². The van der Waals surface area contributed by atoms with Gasteiger partial charge in [0, 0.05) is 13.1 Å². The van der Waals surface area contributed by atoms with Crippen molar-refractivity contribution in [1.82, 2.24) is 10.2 Å². The molecule has 2 amide bonds. The molecule has 1 aliphatic heterocycles. The first-order valence-corrected chi connectivity index (χ1v) is 11.9. The van der Waals surface area contributed by atoms with E-state index >= 15 is 0 Å². The molecule has 170 valence electrons. The highest BCUT2D eigenvalue weighted by molar-refractivity contribution is 7.82. The minimum absolute atomic E-state index is 0.0498. The zero-order valence-electron chi connectivity index (χ0n) is 17.1.